The van der Waals surface area contributed by atoms with Crippen LogP contribution in [0.1, 0.15) is 29.9 Å². The summed E-state index contributed by atoms with van der Waals surface area (Å²) in [6.07, 6.45) is 0. The van der Waals surface area contributed by atoms with Gasteiger partial charge in [0.1, 0.15) is 0 Å². The molecule has 2 heterocycles. The van der Waals surface area contributed by atoms with Crippen LogP contribution < -0.4 is 10.1 Å². The number of fused-ring (bicyclic) bond motifs is 1. The average Bonchev–Trinajstić information content (AvgIpc) is 2.37. The van der Waals surface area contributed by atoms with E-state index >= 15 is 0 Å². The lowest BCUT2D eigenvalue weighted by atomic mass is 10.0. The molecule has 1 amide bonds. The van der Waals surface area contributed by atoms with Crippen molar-refractivity contribution in [1.29, 1.82) is 0 Å². The summed E-state index contributed by atoms with van der Waals surface area (Å²) in [4.78, 5) is 15.8. The van der Waals surface area contributed by atoms with Crippen molar-refractivity contribution < 1.29 is 9.53 Å². The molecule has 0 atom stereocenters. The normalized spacial score (nSPS) is 17.5. The molecule has 0 saturated heterocycles. The maximum Gasteiger partial charge on any atom is 0.253 e. The topological polar surface area (TPSA) is 51.2 Å². The van der Waals surface area contributed by atoms with Crippen LogP contribution >= 0.6 is 0 Å². The maximum absolute atomic E-state index is 11.5. The molecule has 1 aliphatic rings. The molecular formula is C10H12N2O2. The van der Waals surface area contributed by atoms with E-state index in [9.17, 15) is 4.79 Å². The third kappa shape index (κ3) is 1.14. The van der Waals surface area contributed by atoms with Crippen LogP contribution in [0, 0.1) is 0 Å². The molecular weight excluding hydrogens is 180 g/mol. The van der Waals surface area contributed by atoms with Gasteiger partial charge in [-0.15, -0.1) is 0 Å². The molecule has 1 aromatic rings. The molecule has 0 saturated carbocycles. The molecule has 1 aromatic heterocycles. The Kier molecular flexibility index (Phi) is 1.74. The fourth-order valence-corrected chi connectivity index (χ4v) is 1.62. The van der Waals surface area contributed by atoms with E-state index in [1.807, 2.05) is 13.8 Å². The number of carbonyl (C=O) groups is 1. The van der Waals surface area contributed by atoms with Crippen molar-refractivity contribution in [2.75, 3.05) is 7.11 Å². The Hall–Kier alpha value is -1.58. The van der Waals surface area contributed by atoms with Gasteiger partial charge in [-0.25, -0.2) is 4.98 Å². The smallest absolute Gasteiger partial charge is 0.253 e. The van der Waals surface area contributed by atoms with Gasteiger partial charge in [0.2, 0.25) is 5.88 Å². The number of rotatable bonds is 1. The number of aromatic nitrogens is 1. The number of nitrogens with one attached hydrogen (secondary N) is 1. The highest BCUT2D eigenvalue weighted by Crippen LogP contribution is 2.29. The van der Waals surface area contributed by atoms with E-state index in [0.29, 0.717) is 11.4 Å². The van der Waals surface area contributed by atoms with Crippen LogP contribution in [0.2, 0.25) is 0 Å². The first-order valence-electron chi connectivity index (χ1n) is 4.42. The molecule has 74 valence electrons. The Balaban J connectivity index is 2.59. The summed E-state index contributed by atoms with van der Waals surface area (Å²) in [5.74, 6) is 0.466. The Morgan fingerprint density at radius 3 is 2.79 bits per heavy atom. The molecule has 0 aromatic carbocycles. The van der Waals surface area contributed by atoms with Crippen LogP contribution in [0.3, 0.4) is 0 Å². The van der Waals surface area contributed by atoms with Gasteiger partial charge in [-0.1, -0.05) is 0 Å². The standard InChI is InChI=1S/C10H12N2O2/c1-10(2)8-6(9(13)12-10)4-5-7(11-8)14-3/h4-5H,1-3H3,(H,12,13). The van der Waals surface area contributed by atoms with E-state index < -0.39 is 5.54 Å². The number of carbonyl (C=O) groups excluding carboxylic acids is 1. The summed E-state index contributed by atoms with van der Waals surface area (Å²) in [7, 11) is 1.56. The zero-order chi connectivity index (χ0) is 10.3. The molecule has 0 bridgehead atoms. The second kappa shape index (κ2) is 2.70. The molecule has 0 unspecified atom stereocenters. The largest absolute Gasteiger partial charge is 0.481 e. The van der Waals surface area contributed by atoms with E-state index in [0.717, 1.165) is 5.69 Å². The molecule has 0 fully saturated rings. The van der Waals surface area contributed by atoms with E-state index in [4.69, 9.17) is 4.74 Å². The maximum atomic E-state index is 11.5. The fraction of sp³-hybridized carbons (Fsp3) is 0.400. The lowest BCUT2D eigenvalue weighted by Gasteiger charge is -2.17. The third-order valence-electron chi connectivity index (χ3n) is 2.34. The molecule has 2 rings (SSSR count). The van der Waals surface area contributed by atoms with E-state index in [2.05, 4.69) is 10.3 Å². The second-order valence-corrected chi connectivity index (χ2v) is 3.83. The van der Waals surface area contributed by atoms with Crippen molar-refractivity contribution in [2.45, 2.75) is 19.4 Å². The zero-order valence-electron chi connectivity index (χ0n) is 8.42. The quantitative estimate of drug-likeness (QED) is 0.724. The van der Waals surface area contributed by atoms with Gasteiger partial charge in [0.25, 0.3) is 5.91 Å². The van der Waals surface area contributed by atoms with Crippen molar-refractivity contribution in [2.24, 2.45) is 0 Å². The highest BCUT2D eigenvalue weighted by molar-refractivity contribution is 5.99. The van der Waals surface area contributed by atoms with E-state index in [-0.39, 0.29) is 5.91 Å². The van der Waals surface area contributed by atoms with Crippen molar-refractivity contribution in [3.8, 4) is 5.88 Å². The van der Waals surface area contributed by atoms with Gasteiger partial charge < -0.3 is 10.1 Å². The Labute approximate surface area is 82.3 Å². The molecule has 0 spiro atoms. The second-order valence-electron chi connectivity index (χ2n) is 3.83. The summed E-state index contributed by atoms with van der Waals surface area (Å²) in [6, 6.07) is 3.44. The lowest BCUT2D eigenvalue weighted by molar-refractivity contribution is 0.0940. The van der Waals surface area contributed by atoms with Gasteiger partial charge in [-0.05, 0) is 19.9 Å². The molecule has 4 nitrogen and oxygen atoms in total. The van der Waals surface area contributed by atoms with Gasteiger partial charge in [-0.2, -0.15) is 0 Å². The summed E-state index contributed by atoms with van der Waals surface area (Å²) in [6.45, 7) is 3.84. The number of pyridine rings is 1. The predicted molar refractivity (Wildman–Crippen MR) is 51.3 cm³/mol. The number of ether oxygens (including phenoxy) is 1. The highest BCUT2D eigenvalue weighted by atomic mass is 16.5. The van der Waals surface area contributed by atoms with Crippen LogP contribution in [0.25, 0.3) is 0 Å². The minimum absolute atomic E-state index is 0.0693. The average molecular weight is 192 g/mol. The fourth-order valence-electron chi connectivity index (χ4n) is 1.62. The van der Waals surface area contributed by atoms with Gasteiger partial charge in [0.05, 0.1) is 23.9 Å². The van der Waals surface area contributed by atoms with Crippen molar-refractivity contribution in [3.63, 3.8) is 0 Å². The Morgan fingerprint density at radius 1 is 1.43 bits per heavy atom. The number of hydrogen-bond acceptors (Lipinski definition) is 3. The van der Waals surface area contributed by atoms with E-state index in [1.54, 1.807) is 19.2 Å². The molecule has 14 heavy (non-hydrogen) atoms. The lowest BCUT2D eigenvalue weighted by Crippen LogP contribution is -2.33. The van der Waals surface area contributed by atoms with Gasteiger partial charge >= 0.3 is 0 Å². The Bertz CT molecular complexity index is 399. The number of hydrogen-bond donors (Lipinski definition) is 1. The van der Waals surface area contributed by atoms with Crippen LogP contribution in [0.15, 0.2) is 12.1 Å². The first kappa shape index (κ1) is 8.99. The van der Waals surface area contributed by atoms with Crippen molar-refractivity contribution in [3.05, 3.63) is 23.4 Å². The highest BCUT2D eigenvalue weighted by Gasteiger charge is 2.36. The van der Waals surface area contributed by atoms with Gasteiger partial charge in [-0.3, -0.25) is 4.79 Å². The van der Waals surface area contributed by atoms with Gasteiger partial charge in [0, 0.05) is 6.07 Å². The molecule has 1 aliphatic heterocycles. The molecule has 0 aliphatic carbocycles. The van der Waals surface area contributed by atoms with Crippen LogP contribution in [-0.4, -0.2) is 18.0 Å². The zero-order valence-corrected chi connectivity index (χ0v) is 8.42. The van der Waals surface area contributed by atoms with Crippen molar-refractivity contribution >= 4 is 5.91 Å². The minimum atomic E-state index is -0.402. The molecule has 4 heteroatoms. The van der Waals surface area contributed by atoms with Crippen LogP contribution in [0.4, 0.5) is 0 Å². The Morgan fingerprint density at radius 2 is 2.14 bits per heavy atom. The summed E-state index contributed by atoms with van der Waals surface area (Å²) >= 11 is 0. The summed E-state index contributed by atoms with van der Waals surface area (Å²) < 4.78 is 5.02. The number of nitrogens with zero attached hydrogens (tertiary/aromatic N) is 1. The van der Waals surface area contributed by atoms with Crippen molar-refractivity contribution in [1.82, 2.24) is 10.3 Å². The number of methoxy groups -OCH3 is 1. The minimum Gasteiger partial charge on any atom is -0.481 e. The van der Waals surface area contributed by atoms with Gasteiger partial charge in [0.15, 0.2) is 0 Å². The monoisotopic (exact) mass is 192 g/mol. The molecule has 1 N–H and O–H groups in total. The first-order chi connectivity index (χ1) is 6.54. The third-order valence-corrected chi connectivity index (χ3v) is 2.34. The summed E-state index contributed by atoms with van der Waals surface area (Å²) in [5, 5.41) is 2.85. The van der Waals surface area contributed by atoms with Crippen LogP contribution in [-0.2, 0) is 5.54 Å². The predicted octanol–water partition coefficient (Wildman–Crippen LogP) is 1.07. The first-order valence-corrected chi connectivity index (χ1v) is 4.42. The van der Waals surface area contributed by atoms with E-state index in [1.165, 1.54) is 0 Å². The molecule has 0 radical (unpaired) electrons. The summed E-state index contributed by atoms with van der Waals surface area (Å²) in [5.41, 5.74) is 0.985. The van der Waals surface area contributed by atoms with Crippen LogP contribution in [0.5, 0.6) is 5.88 Å². The number of amides is 1. The SMILES string of the molecule is COc1ccc2c(n1)C(C)(C)NC2=O.